The molecule has 0 aliphatic carbocycles. The number of carbonyl (C=O) groups excluding carboxylic acids is 1. The minimum absolute atomic E-state index is 0. The SMILES string of the molecule is Cc1nc2c([nH]1)CN(C(=O)c1c(C)ccn(CC3CCCNC3)c1=O)CC2.Cl.Cl. The van der Waals surface area contributed by atoms with Gasteiger partial charge in [0.2, 0.25) is 0 Å². The molecule has 1 atom stereocenters. The summed E-state index contributed by atoms with van der Waals surface area (Å²) in [6, 6.07) is 1.89. The molecule has 0 aromatic carbocycles. The average Bonchev–Trinajstić information content (AvgIpc) is 3.04. The number of hydrogen-bond donors (Lipinski definition) is 2. The van der Waals surface area contributed by atoms with E-state index in [1.807, 2.05) is 26.1 Å². The number of carbonyl (C=O) groups is 1. The Labute approximate surface area is 183 Å². The van der Waals surface area contributed by atoms with Crippen molar-refractivity contribution in [1.29, 1.82) is 0 Å². The van der Waals surface area contributed by atoms with Crippen molar-refractivity contribution in [3.05, 3.63) is 51.0 Å². The summed E-state index contributed by atoms with van der Waals surface area (Å²) in [6.07, 6.45) is 4.80. The van der Waals surface area contributed by atoms with Crippen molar-refractivity contribution >= 4 is 30.7 Å². The van der Waals surface area contributed by atoms with Gasteiger partial charge in [0.05, 0.1) is 17.9 Å². The summed E-state index contributed by atoms with van der Waals surface area (Å²) in [4.78, 5) is 35.7. The molecule has 2 N–H and O–H groups in total. The maximum Gasteiger partial charge on any atom is 0.263 e. The third-order valence-electron chi connectivity index (χ3n) is 5.68. The number of halogens is 2. The topological polar surface area (TPSA) is 83.0 Å². The highest BCUT2D eigenvalue weighted by Gasteiger charge is 2.27. The summed E-state index contributed by atoms with van der Waals surface area (Å²) in [5.41, 5.74) is 2.89. The minimum Gasteiger partial charge on any atom is -0.344 e. The van der Waals surface area contributed by atoms with Gasteiger partial charge in [-0.3, -0.25) is 9.59 Å². The van der Waals surface area contributed by atoms with E-state index in [9.17, 15) is 9.59 Å². The summed E-state index contributed by atoms with van der Waals surface area (Å²) < 4.78 is 1.72. The van der Waals surface area contributed by atoms with Crippen LogP contribution in [0.3, 0.4) is 0 Å². The van der Waals surface area contributed by atoms with Crippen LogP contribution in [0.5, 0.6) is 0 Å². The molecule has 2 aromatic rings. The van der Waals surface area contributed by atoms with Gasteiger partial charge in [0, 0.05) is 25.7 Å². The van der Waals surface area contributed by atoms with Crippen LogP contribution in [0, 0.1) is 19.8 Å². The van der Waals surface area contributed by atoms with Gasteiger partial charge in [-0.05, 0) is 57.3 Å². The van der Waals surface area contributed by atoms with E-state index in [0.717, 1.165) is 55.1 Å². The van der Waals surface area contributed by atoms with Gasteiger partial charge in [0.1, 0.15) is 11.4 Å². The second-order valence-corrected chi connectivity index (χ2v) is 7.77. The summed E-state index contributed by atoms with van der Waals surface area (Å²) in [7, 11) is 0. The molecule has 4 rings (SSSR count). The van der Waals surface area contributed by atoms with Crippen LogP contribution in [-0.2, 0) is 19.5 Å². The lowest BCUT2D eigenvalue weighted by molar-refractivity contribution is 0.0728. The van der Waals surface area contributed by atoms with Gasteiger partial charge in [-0.1, -0.05) is 0 Å². The van der Waals surface area contributed by atoms with E-state index < -0.39 is 0 Å². The molecule has 1 saturated heterocycles. The highest BCUT2D eigenvalue weighted by Crippen LogP contribution is 2.19. The highest BCUT2D eigenvalue weighted by molar-refractivity contribution is 5.95. The molecule has 0 bridgehead atoms. The van der Waals surface area contributed by atoms with Gasteiger partial charge in [-0.25, -0.2) is 4.98 Å². The van der Waals surface area contributed by atoms with E-state index in [0.29, 0.717) is 31.1 Å². The Bertz CT molecular complexity index is 918. The Morgan fingerprint density at radius 2 is 2.10 bits per heavy atom. The summed E-state index contributed by atoms with van der Waals surface area (Å²) in [6.45, 7) is 7.48. The number of nitrogens with zero attached hydrogens (tertiary/aromatic N) is 3. The molecule has 4 heterocycles. The number of H-pyrrole nitrogens is 1. The van der Waals surface area contributed by atoms with Crippen LogP contribution >= 0.6 is 24.8 Å². The molecule has 1 amide bonds. The van der Waals surface area contributed by atoms with Gasteiger partial charge < -0.3 is 19.8 Å². The Hall–Kier alpha value is -1.83. The first kappa shape index (κ1) is 23.4. The van der Waals surface area contributed by atoms with E-state index in [4.69, 9.17) is 0 Å². The quantitative estimate of drug-likeness (QED) is 0.764. The summed E-state index contributed by atoms with van der Waals surface area (Å²) in [5, 5.41) is 3.39. The Morgan fingerprint density at radius 3 is 2.83 bits per heavy atom. The first-order valence-corrected chi connectivity index (χ1v) is 9.77. The van der Waals surface area contributed by atoms with Crippen LogP contribution < -0.4 is 10.9 Å². The van der Waals surface area contributed by atoms with Crippen LogP contribution in [0.2, 0.25) is 0 Å². The normalized spacial score (nSPS) is 18.4. The molecule has 2 aromatic heterocycles. The van der Waals surface area contributed by atoms with Gasteiger partial charge >= 0.3 is 0 Å². The molecule has 7 nitrogen and oxygen atoms in total. The molecule has 29 heavy (non-hydrogen) atoms. The van der Waals surface area contributed by atoms with Gasteiger partial charge in [-0.2, -0.15) is 0 Å². The Morgan fingerprint density at radius 1 is 1.31 bits per heavy atom. The van der Waals surface area contributed by atoms with Crippen LogP contribution in [0.4, 0.5) is 0 Å². The number of amides is 1. The van der Waals surface area contributed by atoms with Crippen LogP contribution in [0.1, 0.15) is 46.0 Å². The zero-order valence-corrected chi connectivity index (χ0v) is 18.5. The lowest BCUT2D eigenvalue weighted by Gasteiger charge is -2.27. The Kier molecular flexibility index (Phi) is 7.91. The number of hydrogen-bond acceptors (Lipinski definition) is 4. The van der Waals surface area contributed by atoms with E-state index in [1.165, 1.54) is 0 Å². The number of aromatic amines is 1. The van der Waals surface area contributed by atoms with Crippen LogP contribution in [-0.4, -0.2) is 45.0 Å². The monoisotopic (exact) mass is 441 g/mol. The molecule has 2 aliphatic rings. The maximum absolute atomic E-state index is 13.2. The highest BCUT2D eigenvalue weighted by atomic mass is 35.5. The fourth-order valence-electron chi connectivity index (χ4n) is 4.20. The van der Waals surface area contributed by atoms with Crippen molar-refractivity contribution in [2.45, 2.75) is 46.2 Å². The van der Waals surface area contributed by atoms with Crippen molar-refractivity contribution in [2.24, 2.45) is 5.92 Å². The summed E-state index contributed by atoms with van der Waals surface area (Å²) in [5.74, 6) is 1.13. The largest absolute Gasteiger partial charge is 0.344 e. The van der Waals surface area contributed by atoms with E-state index in [2.05, 4.69) is 15.3 Å². The Balaban J connectivity index is 0.00000150. The van der Waals surface area contributed by atoms with Crippen molar-refractivity contribution in [3.63, 3.8) is 0 Å². The van der Waals surface area contributed by atoms with E-state index in [1.54, 1.807) is 9.47 Å². The molecule has 1 fully saturated rings. The molecule has 0 spiro atoms. The smallest absolute Gasteiger partial charge is 0.263 e. The zero-order chi connectivity index (χ0) is 19.0. The first-order valence-electron chi connectivity index (χ1n) is 9.77. The average molecular weight is 442 g/mol. The fraction of sp³-hybridized carbons (Fsp3) is 0.550. The molecular weight excluding hydrogens is 413 g/mol. The van der Waals surface area contributed by atoms with E-state index in [-0.39, 0.29) is 36.3 Å². The van der Waals surface area contributed by atoms with Gasteiger partial charge in [0.25, 0.3) is 11.5 Å². The van der Waals surface area contributed by atoms with Crippen molar-refractivity contribution < 1.29 is 4.79 Å². The standard InChI is InChI=1S/C20H27N5O2.2ClH/c1-13-5-8-24(11-15-4-3-7-21-10-15)19(26)18(13)20(27)25-9-6-16-17(12-25)23-14(2)22-16;;/h5,8,15,21H,3-4,6-7,9-12H2,1-2H3,(H,22,23);2*1H. The minimum atomic E-state index is -0.175. The fourth-order valence-corrected chi connectivity index (χ4v) is 4.20. The zero-order valence-electron chi connectivity index (χ0n) is 16.9. The molecule has 9 heteroatoms. The number of rotatable bonds is 3. The number of imidazole rings is 1. The maximum atomic E-state index is 13.2. The molecular formula is C20H29Cl2N5O2. The van der Waals surface area contributed by atoms with Gasteiger partial charge in [-0.15, -0.1) is 24.8 Å². The van der Waals surface area contributed by atoms with Crippen molar-refractivity contribution in [3.8, 4) is 0 Å². The molecule has 0 radical (unpaired) electrons. The predicted octanol–water partition coefficient (Wildman–Crippen LogP) is 2.23. The second-order valence-electron chi connectivity index (χ2n) is 7.77. The first-order chi connectivity index (χ1) is 13.0. The number of pyridine rings is 1. The lowest BCUT2D eigenvalue weighted by atomic mass is 9.99. The predicted molar refractivity (Wildman–Crippen MR) is 117 cm³/mol. The number of piperidine rings is 1. The van der Waals surface area contributed by atoms with Gasteiger partial charge in [0.15, 0.2) is 0 Å². The van der Waals surface area contributed by atoms with Crippen LogP contribution in [0.25, 0.3) is 0 Å². The molecule has 1 unspecified atom stereocenters. The third kappa shape index (κ3) is 4.85. The molecule has 160 valence electrons. The number of aryl methyl sites for hydroxylation is 2. The molecule has 0 saturated carbocycles. The van der Waals surface area contributed by atoms with E-state index >= 15 is 0 Å². The number of nitrogens with one attached hydrogen (secondary N) is 2. The number of aromatic nitrogens is 3. The molecule has 2 aliphatic heterocycles. The number of fused-ring (bicyclic) bond motifs is 1. The lowest BCUT2D eigenvalue weighted by Crippen LogP contribution is -2.41. The van der Waals surface area contributed by atoms with Crippen LogP contribution in [0.15, 0.2) is 17.1 Å². The van der Waals surface area contributed by atoms with Crippen molar-refractivity contribution in [1.82, 2.24) is 24.8 Å². The second kappa shape index (κ2) is 9.78. The summed E-state index contributed by atoms with van der Waals surface area (Å²) >= 11 is 0. The van der Waals surface area contributed by atoms with Crippen molar-refractivity contribution in [2.75, 3.05) is 19.6 Å². The third-order valence-corrected chi connectivity index (χ3v) is 5.68.